The average molecular weight is 1120 g/mol. The number of carbonyl (C=O) groups is 6. The second-order valence-electron chi connectivity index (χ2n) is 15.9. The molecule has 3 amide bonds. The molecular weight excluding hydrogens is 1050 g/mol. The van der Waals surface area contributed by atoms with Gasteiger partial charge < -0.3 is 74.9 Å². The number of phenols is 2. The molecule has 0 unspecified atom stereocenters. The van der Waals surface area contributed by atoms with Crippen molar-refractivity contribution in [3.05, 3.63) is 183 Å². The molecule has 22 heteroatoms. The molecular formula is C57H73ClN4O17. The van der Waals surface area contributed by atoms with E-state index in [2.05, 4.69) is 58.3 Å². The standard InChI is InChI=1S/C17H21NO5.C16H21NO4.C14H17NO5.C10H13NO3.ClH/c1-4-10-22-14-8-6-13(7-9-14)12-15(16(19)21-3)18-17(20)23-11-5-2;1-3-9-20-15-7-5-13(6-8-15)11-14(12-18)17-16(19)21-10-4-2;1-3-8-20-14(18)15-12(13(17)19-2)9-10-4-6-11(16)7-5-10;1-14-10(13)9(11)6-7-2-4-8(12)5-3-7;/h4-9,15H,1-2,10-12H2,3H3,(H,18,20);3-8,14,18H,1-2,9-12H2,(H,17,19);3-7,12,16H,1,8-9H2,2H3,(H,15,18);2-5,9,12H,6,11H2,1H3;1H/t15-;14-;12-;9-;/m0000./s1. The zero-order valence-electron chi connectivity index (χ0n) is 44.6. The third-order valence-corrected chi connectivity index (χ3v) is 9.87. The second-order valence-corrected chi connectivity index (χ2v) is 15.9. The number of hydrogen-bond donors (Lipinski definition) is 7. The van der Waals surface area contributed by atoms with Crippen molar-refractivity contribution < 1.29 is 82.0 Å². The summed E-state index contributed by atoms with van der Waals surface area (Å²) in [6.07, 6.45) is 7.10. The number of aliphatic hydroxyl groups excluding tert-OH is 1. The molecule has 0 aromatic heterocycles. The van der Waals surface area contributed by atoms with Crippen LogP contribution < -0.4 is 31.2 Å². The van der Waals surface area contributed by atoms with Gasteiger partial charge in [0.05, 0.1) is 34.0 Å². The van der Waals surface area contributed by atoms with Gasteiger partial charge in [-0.25, -0.2) is 24.0 Å². The van der Waals surface area contributed by atoms with Crippen LogP contribution in [0, 0.1) is 0 Å². The Labute approximate surface area is 467 Å². The molecule has 0 aliphatic carbocycles. The van der Waals surface area contributed by atoms with E-state index in [1.54, 1.807) is 60.7 Å². The van der Waals surface area contributed by atoms with Crippen molar-refractivity contribution in [1.82, 2.24) is 16.0 Å². The van der Waals surface area contributed by atoms with Gasteiger partial charge in [0.25, 0.3) is 0 Å². The molecule has 430 valence electrons. The third-order valence-electron chi connectivity index (χ3n) is 9.87. The Kier molecular flexibility index (Phi) is 37.6. The average Bonchev–Trinajstić information content (AvgIpc) is 3.45. The van der Waals surface area contributed by atoms with Crippen LogP contribution in [0.5, 0.6) is 23.0 Å². The van der Waals surface area contributed by atoms with Gasteiger partial charge >= 0.3 is 36.2 Å². The Balaban J connectivity index is 0.00000104. The van der Waals surface area contributed by atoms with E-state index in [0.717, 1.165) is 28.0 Å². The molecule has 0 saturated carbocycles. The Hall–Kier alpha value is -8.79. The van der Waals surface area contributed by atoms with Gasteiger partial charge in [0.2, 0.25) is 0 Å². The van der Waals surface area contributed by atoms with Gasteiger partial charge in [-0.3, -0.25) is 4.79 Å². The Bertz CT molecular complexity index is 2460. The lowest BCUT2D eigenvalue weighted by Crippen LogP contribution is -2.43. The topological polar surface area (TPSA) is 299 Å². The number of ether oxygens (including phenoxy) is 8. The van der Waals surface area contributed by atoms with E-state index >= 15 is 0 Å². The van der Waals surface area contributed by atoms with Crippen LogP contribution in [0.15, 0.2) is 160 Å². The number of rotatable bonds is 27. The van der Waals surface area contributed by atoms with Crippen molar-refractivity contribution in [3.8, 4) is 23.0 Å². The van der Waals surface area contributed by atoms with E-state index in [9.17, 15) is 39.0 Å². The van der Waals surface area contributed by atoms with E-state index in [4.69, 9.17) is 39.3 Å². The molecule has 0 bridgehead atoms. The molecule has 4 rings (SSSR count). The van der Waals surface area contributed by atoms with Crippen LogP contribution in [0.1, 0.15) is 22.3 Å². The van der Waals surface area contributed by atoms with Crippen molar-refractivity contribution in [1.29, 1.82) is 0 Å². The van der Waals surface area contributed by atoms with Crippen molar-refractivity contribution >= 4 is 48.6 Å². The van der Waals surface area contributed by atoms with Crippen LogP contribution in [0.3, 0.4) is 0 Å². The molecule has 0 aliphatic rings. The summed E-state index contributed by atoms with van der Waals surface area (Å²) in [6.45, 7) is 18.4. The molecule has 79 heavy (non-hydrogen) atoms. The summed E-state index contributed by atoms with van der Waals surface area (Å²) >= 11 is 0. The van der Waals surface area contributed by atoms with Gasteiger partial charge in [-0.15, -0.1) is 12.4 Å². The number of aliphatic hydroxyl groups is 1. The van der Waals surface area contributed by atoms with Gasteiger partial charge in [-0.1, -0.05) is 112 Å². The molecule has 0 saturated heterocycles. The summed E-state index contributed by atoms with van der Waals surface area (Å²) in [5.74, 6) is 0.209. The molecule has 0 spiro atoms. The maximum Gasteiger partial charge on any atom is 0.408 e. The van der Waals surface area contributed by atoms with Crippen molar-refractivity contribution in [2.45, 2.75) is 49.9 Å². The zero-order valence-corrected chi connectivity index (χ0v) is 45.4. The van der Waals surface area contributed by atoms with Crippen LogP contribution >= 0.6 is 12.4 Å². The first-order chi connectivity index (χ1) is 37.5. The van der Waals surface area contributed by atoms with E-state index in [1.807, 2.05) is 36.4 Å². The highest BCUT2D eigenvalue weighted by Crippen LogP contribution is 2.16. The predicted molar refractivity (Wildman–Crippen MR) is 299 cm³/mol. The van der Waals surface area contributed by atoms with Gasteiger partial charge in [0.1, 0.15) is 74.2 Å². The minimum absolute atomic E-state index is 0. The molecule has 21 nitrogen and oxygen atoms in total. The van der Waals surface area contributed by atoms with Gasteiger partial charge in [0, 0.05) is 12.8 Å². The van der Waals surface area contributed by atoms with E-state index < -0.39 is 60.4 Å². The van der Waals surface area contributed by atoms with Gasteiger partial charge in [-0.05, 0) is 83.6 Å². The predicted octanol–water partition coefficient (Wildman–Crippen LogP) is 6.56. The number of halogens is 1. The monoisotopic (exact) mass is 1120 g/mol. The van der Waals surface area contributed by atoms with Crippen molar-refractivity contribution in [2.24, 2.45) is 5.73 Å². The summed E-state index contributed by atoms with van der Waals surface area (Å²) in [5.41, 5.74) is 9.04. The largest absolute Gasteiger partial charge is 0.508 e. The quantitative estimate of drug-likeness (QED) is 0.0189. The minimum atomic E-state index is -0.859. The summed E-state index contributed by atoms with van der Waals surface area (Å²) in [4.78, 5) is 68.8. The Morgan fingerprint density at radius 3 is 1.09 bits per heavy atom. The third kappa shape index (κ3) is 31.8. The van der Waals surface area contributed by atoms with Crippen molar-refractivity contribution in [2.75, 3.05) is 61.0 Å². The summed E-state index contributed by atoms with van der Waals surface area (Å²) in [7, 11) is 3.81. The number of amides is 3. The highest BCUT2D eigenvalue weighted by Gasteiger charge is 2.24. The van der Waals surface area contributed by atoms with E-state index in [1.165, 1.54) is 51.7 Å². The fourth-order valence-electron chi connectivity index (χ4n) is 6.07. The van der Waals surface area contributed by atoms with Crippen LogP contribution in [0.4, 0.5) is 14.4 Å². The van der Waals surface area contributed by atoms with Crippen LogP contribution in [0.25, 0.3) is 0 Å². The number of phenolic OH excluding ortho intramolecular Hbond substituents is 2. The molecule has 0 aliphatic heterocycles. The normalized spacial score (nSPS) is 11.2. The number of esters is 3. The number of nitrogens with one attached hydrogen (secondary N) is 3. The maximum absolute atomic E-state index is 11.8. The van der Waals surface area contributed by atoms with E-state index in [0.29, 0.717) is 31.8 Å². The Morgan fingerprint density at radius 1 is 0.468 bits per heavy atom. The highest BCUT2D eigenvalue weighted by atomic mass is 35.5. The molecule has 8 N–H and O–H groups in total. The number of hydrogen-bond acceptors (Lipinski definition) is 18. The first-order valence-electron chi connectivity index (χ1n) is 23.9. The van der Waals surface area contributed by atoms with Crippen LogP contribution in [-0.2, 0) is 68.5 Å². The number of carbonyl (C=O) groups excluding carboxylic acids is 6. The summed E-state index contributed by atoms with van der Waals surface area (Å²) in [5, 5.41) is 35.0. The molecule has 4 aromatic carbocycles. The molecule has 4 aromatic rings. The lowest BCUT2D eigenvalue weighted by Gasteiger charge is -2.16. The summed E-state index contributed by atoms with van der Waals surface area (Å²) < 4.78 is 39.0. The second kappa shape index (κ2) is 42.3. The number of nitrogens with two attached hydrogens (primary N) is 1. The molecule has 0 heterocycles. The van der Waals surface area contributed by atoms with Crippen LogP contribution in [0.2, 0.25) is 0 Å². The van der Waals surface area contributed by atoms with Gasteiger partial charge in [-0.2, -0.15) is 0 Å². The number of benzene rings is 4. The number of methoxy groups -OCH3 is 3. The lowest BCUT2D eigenvalue weighted by molar-refractivity contribution is -0.143. The number of alkyl carbamates (subject to hydrolysis) is 3. The summed E-state index contributed by atoms with van der Waals surface area (Å²) in [6, 6.07) is 24.7. The minimum Gasteiger partial charge on any atom is -0.508 e. The highest BCUT2D eigenvalue weighted by molar-refractivity contribution is 5.85. The fraction of sp³-hybridized carbons (Fsp3) is 0.298. The maximum atomic E-state index is 11.8. The first kappa shape index (κ1) is 70.2. The zero-order chi connectivity index (χ0) is 58.1. The first-order valence-corrected chi connectivity index (χ1v) is 23.9. The van der Waals surface area contributed by atoms with Crippen molar-refractivity contribution in [3.63, 3.8) is 0 Å². The molecule has 0 radical (unpaired) electrons. The number of aromatic hydroxyl groups is 2. The van der Waals surface area contributed by atoms with Crippen LogP contribution in [-0.4, -0.2) is 137 Å². The molecule has 4 atom stereocenters. The smallest absolute Gasteiger partial charge is 0.408 e. The van der Waals surface area contributed by atoms with Gasteiger partial charge in [0.15, 0.2) is 0 Å². The SMILES string of the molecule is C=CCOC(=O)N[C@@H](Cc1ccc(O)cc1)C(=O)OC.C=CCOC(=O)N[C@@H](Cc1ccc(OCC=C)cc1)C(=O)OC.C=CCOC(=O)N[C@H](CO)Cc1ccc(OCC=C)cc1.COC(=O)[C@@H](N)Cc1ccc(O)cc1.Cl. The Morgan fingerprint density at radius 2 is 0.772 bits per heavy atom. The lowest BCUT2D eigenvalue weighted by atomic mass is 10.1. The fourth-order valence-corrected chi connectivity index (χ4v) is 6.07. The van der Waals surface area contributed by atoms with E-state index in [-0.39, 0.29) is 63.2 Å². The molecule has 0 fully saturated rings.